The van der Waals surface area contributed by atoms with Crippen LogP contribution in [-0.2, 0) is 11.2 Å². The number of carbonyl (C=O) groups is 3. The maximum absolute atomic E-state index is 12.6. The summed E-state index contributed by atoms with van der Waals surface area (Å²) in [5.41, 5.74) is 2.71. The molecule has 0 aromatic carbocycles. The molecule has 0 radical (unpaired) electrons. The molecule has 1 fully saturated rings. The summed E-state index contributed by atoms with van der Waals surface area (Å²) in [5, 5.41) is 2.96. The van der Waals surface area contributed by atoms with Crippen molar-refractivity contribution in [3.8, 4) is 0 Å². The molecule has 2 N–H and O–H groups in total. The van der Waals surface area contributed by atoms with Crippen LogP contribution in [0.4, 0.5) is 0 Å². The van der Waals surface area contributed by atoms with E-state index in [0.717, 1.165) is 30.6 Å². The van der Waals surface area contributed by atoms with Gasteiger partial charge in [-0.1, -0.05) is 13.3 Å². The maximum atomic E-state index is 12.6. The van der Waals surface area contributed by atoms with Crippen molar-refractivity contribution >= 4 is 17.6 Å². The topological polar surface area (TPSA) is 82.3 Å². The van der Waals surface area contributed by atoms with Gasteiger partial charge < -0.3 is 15.2 Å². The van der Waals surface area contributed by atoms with Crippen LogP contribution >= 0.6 is 0 Å². The number of likely N-dealkylation sites (tertiary alicyclic amines) is 1. The van der Waals surface area contributed by atoms with Gasteiger partial charge in [-0.25, -0.2) is 0 Å². The number of aromatic nitrogens is 1. The first-order valence-electron chi connectivity index (χ1n) is 8.61. The Morgan fingerprint density at radius 2 is 2.00 bits per heavy atom. The van der Waals surface area contributed by atoms with Crippen LogP contribution in [0.5, 0.6) is 0 Å². The SMILES string of the molecule is CCCc1c(C(=O)NC[C@H]2CCN(C(C)=O)C2)[nH]c(C)c1C(C)=O. The summed E-state index contributed by atoms with van der Waals surface area (Å²) in [7, 11) is 0. The minimum atomic E-state index is -0.171. The molecule has 1 aliphatic heterocycles. The zero-order valence-electron chi connectivity index (χ0n) is 15.0. The molecule has 24 heavy (non-hydrogen) atoms. The van der Waals surface area contributed by atoms with Crippen LogP contribution in [0.25, 0.3) is 0 Å². The van der Waals surface area contributed by atoms with Crippen LogP contribution in [-0.4, -0.2) is 47.1 Å². The molecule has 1 saturated heterocycles. The number of Topliss-reactive ketones (excluding diaryl/α,β-unsaturated/α-hetero) is 1. The second kappa shape index (κ2) is 7.64. The van der Waals surface area contributed by atoms with Crippen molar-refractivity contribution in [3.05, 3.63) is 22.5 Å². The Bertz CT molecular complexity index is 648. The number of ketones is 1. The van der Waals surface area contributed by atoms with Gasteiger partial charge >= 0.3 is 0 Å². The predicted octanol–water partition coefficient (Wildman–Crippen LogP) is 2.08. The number of nitrogens with zero attached hydrogens (tertiary/aromatic N) is 1. The Kier molecular flexibility index (Phi) is 5.80. The number of nitrogens with one attached hydrogen (secondary N) is 2. The fraction of sp³-hybridized carbons (Fsp3) is 0.611. The quantitative estimate of drug-likeness (QED) is 0.782. The lowest BCUT2D eigenvalue weighted by Crippen LogP contribution is -2.32. The summed E-state index contributed by atoms with van der Waals surface area (Å²) in [6, 6.07) is 0. The van der Waals surface area contributed by atoms with E-state index in [2.05, 4.69) is 10.3 Å². The number of amides is 2. The van der Waals surface area contributed by atoms with Gasteiger partial charge in [0.25, 0.3) is 5.91 Å². The van der Waals surface area contributed by atoms with E-state index in [1.807, 2.05) is 18.7 Å². The molecular weight excluding hydrogens is 306 g/mol. The highest BCUT2D eigenvalue weighted by molar-refractivity contribution is 6.02. The van der Waals surface area contributed by atoms with Gasteiger partial charge in [-0.15, -0.1) is 0 Å². The summed E-state index contributed by atoms with van der Waals surface area (Å²) in [4.78, 5) is 40.7. The predicted molar refractivity (Wildman–Crippen MR) is 92.2 cm³/mol. The van der Waals surface area contributed by atoms with Gasteiger partial charge in [-0.2, -0.15) is 0 Å². The molecule has 0 aliphatic carbocycles. The Balaban J connectivity index is 2.06. The molecule has 0 bridgehead atoms. The number of hydrogen-bond acceptors (Lipinski definition) is 3. The van der Waals surface area contributed by atoms with Gasteiger partial charge in [-0.05, 0) is 38.2 Å². The molecule has 132 valence electrons. The monoisotopic (exact) mass is 333 g/mol. The van der Waals surface area contributed by atoms with E-state index in [0.29, 0.717) is 30.8 Å². The molecule has 2 rings (SSSR count). The molecule has 0 unspecified atom stereocenters. The third-order valence-electron chi connectivity index (χ3n) is 4.65. The van der Waals surface area contributed by atoms with Crippen molar-refractivity contribution in [1.82, 2.24) is 15.2 Å². The van der Waals surface area contributed by atoms with Gasteiger partial charge in [0.2, 0.25) is 5.91 Å². The number of H-pyrrole nitrogens is 1. The fourth-order valence-electron chi connectivity index (χ4n) is 3.46. The molecule has 1 aromatic rings. The van der Waals surface area contributed by atoms with Crippen molar-refractivity contribution < 1.29 is 14.4 Å². The first-order chi connectivity index (χ1) is 11.3. The molecule has 2 heterocycles. The fourth-order valence-corrected chi connectivity index (χ4v) is 3.46. The second-order valence-corrected chi connectivity index (χ2v) is 6.61. The van der Waals surface area contributed by atoms with Crippen molar-refractivity contribution in [1.29, 1.82) is 0 Å². The van der Waals surface area contributed by atoms with Crippen LogP contribution < -0.4 is 5.32 Å². The molecule has 1 aliphatic rings. The summed E-state index contributed by atoms with van der Waals surface area (Å²) in [6.07, 6.45) is 2.47. The molecular formula is C18H27N3O3. The van der Waals surface area contributed by atoms with Gasteiger partial charge in [0.1, 0.15) is 5.69 Å². The lowest BCUT2D eigenvalue weighted by atomic mass is 10.0. The number of aryl methyl sites for hydroxylation is 1. The number of hydrogen-bond donors (Lipinski definition) is 2. The first-order valence-corrected chi connectivity index (χ1v) is 8.61. The van der Waals surface area contributed by atoms with E-state index in [4.69, 9.17) is 0 Å². The highest BCUT2D eigenvalue weighted by atomic mass is 16.2. The minimum absolute atomic E-state index is 0.0147. The third-order valence-corrected chi connectivity index (χ3v) is 4.65. The molecule has 0 spiro atoms. The van der Waals surface area contributed by atoms with Crippen LogP contribution in [0.2, 0.25) is 0 Å². The summed E-state index contributed by atoms with van der Waals surface area (Å²) < 4.78 is 0. The highest BCUT2D eigenvalue weighted by Crippen LogP contribution is 2.22. The van der Waals surface area contributed by atoms with Crippen LogP contribution in [0.15, 0.2) is 0 Å². The van der Waals surface area contributed by atoms with Crippen molar-refractivity contribution in [2.45, 2.75) is 47.0 Å². The molecule has 6 nitrogen and oxygen atoms in total. The Hall–Kier alpha value is -2.11. The largest absolute Gasteiger partial charge is 0.354 e. The molecule has 1 atom stereocenters. The van der Waals surface area contributed by atoms with Gasteiger partial charge in [-0.3, -0.25) is 14.4 Å². The Morgan fingerprint density at radius 1 is 1.29 bits per heavy atom. The van der Waals surface area contributed by atoms with Gasteiger partial charge in [0.05, 0.1) is 0 Å². The first kappa shape index (κ1) is 18.2. The minimum Gasteiger partial charge on any atom is -0.354 e. The van der Waals surface area contributed by atoms with E-state index in [1.54, 1.807) is 6.92 Å². The smallest absolute Gasteiger partial charge is 0.268 e. The lowest BCUT2D eigenvalue weighted by molar-refractivity contribution is -0.127. The van der Waals surface area contributed by atoms with Crippen molar-refractivity contribution in [2.24, 2.45) is 5.92 Å². The average Bonchev–Trinajstić information content (AvgIpc) is 3.10. The zero-order valence-corrected chi connectivity index (χ0v) is 15.0. The number of rotatable bonds is 6. The van der Waals surface area contributed by atoms with E-state index in [9.17, 15) is 14.4 Å². The van der Waals surface area contributed by atoms with Crippen LogP contribution in [0, 0.1) is 12.8 Å². The summed E-state index contributed by atoms with van der Waals surface area (Å²) in [5.74, 6) is 0.186. The maximum Gasteiger partial charge on any atom is 0.268 e. The van der Waals surface area contributed by atoms with Gasteiger partial charge in [0, 0.05) is 37.8 Å². The van der Waals surface area contributed by atoms with E-state index in [-0.39, 0.29) is 23.5 Å². The zero-order chi connectivity index (χ0) is 17.9. The molecule has 2 amide bonds. The molecule has 6 heteroatoms. The standard InChI is InChI=1S/C18H27N3O3/c1-5-6-15-16(12(3)22)11(2)20-17(15)18(24)19-9-14-7-8-21(10-14)13(4)23/h14,20H,5-10H2,1-4H3,(H,19,24)/t14-/m1/s1. The van der Waals surface area contributed by atoms with E-state index >= 15 is 0 Å². The van der Waals surface area contributed by atoms with E-state index in [1.165, 1.54) is 6.92 Å². The van der Waals surface area contributed by atoms with Crippen molar-refractivity contribution in [2.75, 3.05) is 19.6 Å². The summed E-state index contributed by atoms with van der Waals surface area (Å²) in [6.45, 7) is 8.96. The number of carbonyl (C=O) groups excluding carboxylic acids is 3. The van der Waals surface area contributed by atoms with Crippen LogP contribution in [0.1, 0.15) is 65.7 Å². The number of aromatic amines is 1. The van der Waals surface area contributed by atoms with Crippen molar-refractivity contribution in [3.63, 3.8) is 0 Å². The average molecular weight is 333 g/mol. The molecule has 0 saturated carbocycles. The third kappa shape index (κ3) is 3.86. The second-order valence-electron chi connectivity index (χ2n) is 6.61. The Morgan fingerprint density at radius 3 is 2.54 bits per heavy atom. The molecule has 1 aromatic heterocycles. The normalized spacial score (nSPS) is 17.2. The lowest BCUT2D eigenvalue weighted by Gasteiger charge is -2.14. The van der Waals surface area contributed by atoms with E-state index < -0.39 is 0 Å². The Labute approximate surface area is 143 Å². The van der Waals surface area contributed by atoms with Crippen LogP contribution in [0.3, 0.4) is 0 Å². The highest BCUT2D eigenvalue weighted by Gasteiger charge is 2.26. The van der Waals surface area contributed by atoms with Gasteiger partial charge in [0.15, 0.2) is 5.78 Å². The summed E-state index contributed by atoms with van der Waals surface area (Å²) >= 11 is 0.